The van der Waals surface area contributed by atoms with Gasteiger partial charge in [0.1, 0.15) is 5.75 Å². The molecule has 0 aromatic heterocycles. The molecule has 0 fully saturated rings. The summed E-state index contributed by atoms with van der Waals surface area (Å²) >= 11 is 0. The molecule has 5 nitrogen and oxygen atoms in total. The van der Waals surface area contributed by atoms with E-state index >= 15 is 0 Å². The minimum absolute atomic E-state index is 0.153. The number of rotatable bonds is 8. The first kappa shape index (κ1) is 16.6. The van der Waals surface area contributed by atoms with Gasteiger partial charge in [-0.25, -0.2) is 0 Å². The highest BCUT2D eigenvalue weighted by molar-refractivity contribution is 5.51. The minimum Gasteiger partial charge on any atom is -0.496 e. The Bertz CT molecular complexity index is 423. The summed E-state index contributed by atoms with van der Waals surface area (Å²) in [5.74, 6) is 2.25. The van der Waals surface area contributed by atoms with Crippen molar-refractivity contribution < 1.29 is 18.9 Å². The molecular formula is C15H25NO4. The Labute approximate surface area is 121 Å². The van der Waals surface area contributed by atoms with Gasteiger partial charge in [0.05, 0.1) is 21.3 Å². The van der Waals surface area contributed by atoms with Crippen LogP contribution >= 0.6 is 0 Å². The van der Waals surface area contributed by atoms with E-state index in [2.05, 4.69) is 6.92 Å². The summed E-state index contributed by atoms with van der Waals surface area (Å²) in [6.07, 6.45) is 0.884. The van der Waals surface area contributed by atoms with Crippen molar-refractivity contribution in [1.82, 2.24) is 0 Å². The summed E-state index contributed by atoms with van der Waals surface area (Å²) in [5.41, 5.74) is 7.25. The predicted molar refractivity (Wildman–Crippen MR) is 78.7 cm³/mol. The van der Waals surface area contributed by atoms with E-state index in [1.54, 1.807) is 34.5 Å². The molecule has 0 saturated carbocycles. The molecule has 0 radical (unpaired) electrons. The maximum atomic E-state index is 6.34. The van der Waals surface area contributed by atoms with Crippen LogP contribution in [-0.4, -0.2) is 35.0 Å². The number of methoxy groups -OCH3 is 4. The van der Waals surface area contributed by atoms with Crippen molar-refractivity contribution in [3.8, 4) is 17.2 Å². The highest BCUT2D eigenvalue weighted by Gasteiger charge is 2.21. The zero-order chi connectivity index (χ0) is 15.1. The summed E-state index contributed by atoms with van der Waals surface area (Å²) in [4.78, 5) is 0. The zero-order valence-electron chi connectivity index (χ0n) is 12.9. The number of nitrogens with two attached hydrogens (primary N) is 1. The van der Waals surface area contributed by atoms with Gasteiger partial charge in [0.25, 0.3) is 0 Å². The van der Waals surface area contributed by atoms with Crippen LogP contribution in [0.5, 0.6) is 17.2 Å². The fraction of sp³-hybridized carbons (Fsp3) is 0.600. The van der Waals surface area contributed by atoms with Crippen LogP contribution in [0.15, 0.2) is 12.1 Å². The molecule has 0 spiro atoms. The Morgan fingerprint density at radius 3 is 2.00 bits per heavy atom. The van der Waals surface area contributed by atoms with Crippen molar-refractivity contribution in [2.75, 3.05) is 35.0 Å². The second-order valence-electron chi connectivity index (χ2n) is 4.73. The summed E-state index contributed by atoms with van der Waals surface area (Å²) in [7, 11) is 6.51. The lowest BCUT2D eigenvalue weighted by atomic mass is 9.92. The summed E-state index contributed by atoms with van der Waals surface area (Å²) < 4.78 is 21.1. The van der Waals surface area contributed by atoms with Gasteiger partial charge in [-0.1, -0.05) is 6.92 Å². The monoisotopic (exact) mass is 283 g/mol. The maximum absolute atomic E-state index is 6.34. The molecule has 0 amide bonds. The Morgan fingerprint density at radius 1 is 0.950 bits per heavy atom. The fourth-order valence-electron chi connectivity index (χ4n) is 2.10. The molecule has 0 saturated heterocycles. The van der Waals surface area contributed by atoms with Crippen LogP contribution in [0.1, 0.15) is 24.9 Å². The minimum atomic E-state index is -0.153. The number of benzene rings is 1. The van der Waals surface area contributed by atoms with Gasteiger partial charge in [0.2, 0.25) is 0 Å². The van der Waals surface area contributed by atoms with Crippen LogP contribution in [0, 0.1) is 5.92 Å². The van der Waals surface area contributed by atoms with Gasteiger partial charge in [-0.2, -0.15) is 0 Å². The van der Waals surface area contributed by atoms with Crippen molar-refractivity contribution in [3.63, 3.8) is 0 Å². The first-order valence-electron chi connectivity index (χ1n) is 6.63. The highest BCUT2D eigenvalue weighted by atomic mass is 16.5. The van der Waals surface area contributed by atoms with Crippen molar-refractivity contribution in [1.29, 1.82) is 0 Å². The van der Waals surface area contributed by atoms with Gasteiger partial charge < -0.3 is 24.7 Å². The molecule has 0 aliphatic rings. The summed E-state index contributed by atoms with van der Waals surface area (Å²) in [5, 5.41) is 0. The van der Waals surface area contributed by atoms with E-state index in [1.165, 1.54) is 0 Å². The van der Waals surface area contributed by atoms with Crippen molar-refractivity contribution in [2.45, 2.75) is 19.4 Å². The number of ether oxygens (including phenoxy) is 4. The topological polar surface area (TPSA) is 62.9 Å². The van der Waals surface area contributed by atoms with Crippen molar-refractivity contribution in [2.24, 2.45) is 11.7 Å². The average molecular weight is 283 g/mol. The van der Waals surface area contributed by atoms with E-state index in [-0.39, 0.29) is 12.0 Å². The van der Waals surface area contributed by atoms with E-state index in [0.717, 1.165) is 12.0 Å². The third-order valence-electron chi connectivity index (χ3n) is 3.49. The third kappa shape index (κ3) is 3.77. The van der Waals surface area contributed by atoms with Crippen LogP contribution in [0.3, 0.4) is 0 Å². The second kappa shape index (κ2) is 7.97. The molecule has 2 N–H and O–H groups in total. The van der Waals surface area contributed by atoms with Crippen LogP contribution < -0.4 is 19.9 Å². The largest absolute Gasteiger partial charge is 0.496 e. The fourth-order valence-corrected chi connectivity index (χ4v) is 2.10. The Balaban J connectivity index is 3.08. The number of hydrogen-bond donors (Lipinski definition) is 1. The molecule has 0 bridgehead atoms. The third-order valence-corrected chi connectivity index (χ3v) is 3.49. The Hall–Kier alpha value is -1.46. The Kier molecular flexibility index (Phi) is 6.61. The van der Waals surface area contributed by atoms with Crippen LogP contribution in [0.2, 0.25) is 0 Å². The standard InChI is InChI=1S/C15H25NO4/c1-10(6-7-17-2)15(16)11-8-13(19-4)14(20-5)9-12(11)18-3/h8-10,15H,6-7,16H2,1-5H3. The van der Waals surface area contributed by atoms with Gasteiger partial charge in [0, 0.05) is 31.4 Å². The number of hydrogen-bond acceptors (Lipinski definition) is 5. The molecule has 2 atom stereocenters. The van der Waals surface area contributed by atoms with Gasteiger partial charge in [0.15, 0.2) is 11.5 Å². The van der Waals surface area contributed by atoms with Crippen LogP contribution in [0.4, 0.5) is 0 Å². The first-order chi connectivity index (χ1) is 9.58. The van der Waals surface area contributed by atoms with E-state index in [1.807, 2.05) is 6.07 Å². The average Bonchev–Trinajstić information content (AvgIpc) is 2.50. The van der Waals surface area contributed by atoms with Crippen molar-refractivity contribution >= 4 is 0 Å². The lowest BCUT2D eigenvalue weighted by molar-refractivity contribution is 0.174. The molecule has 5 heteroatoms. The zero-order valence-corrected chi connectivity index (χ0v) is 12.9. The summed E-state index contributed by atoms with van der Waals surface area (Å²) in [6.45, 7) is 2.78. The van der Waals surface area contributed by atoms with Crippen LogP contribution in [-0.2, 0) is 4.74 Å². The molecule has 1 aromatic rings. The molecule has 2 unspecified atom stereocenters. The van der Waals surface area contributed by atoms with Gasteiger partial charge in [-0.05, 0) is 18.4 Å². The first-order valence-corrected chi connectivity index (χ1v) is 6.63. The molecule has 0 aliphatic heterocycles. The summed E-state index contributed by atoms with van der Waals surface area (Å²) in [6, 6.07) is 3.53. The van der Waals surface area contributed by atoms with Gasteiger partial charge in [-0.3, -0.25) is 0 Å². The van der Waals surface area contributed by atoms with E-state index < -0.39 is 0 Å². The molecule has 0 heterocycles. The van der Waals surface area contributed by atoms with Gasteiger partial charge in [-0.15, -0.1) is 0 Å². The van der Waals surface area contributed by atoms with Gasteiger partial charge >= 0.3 is 0 Å². The quantitative estimate of drug-likeness (QED) is 0.793. The molecule has 20 heavy (non-hydrogen) atoms. The molecule has 1 aromatic carbocycles. The van der Waals surface area contributed by atoms with E-state index in [9.17, 15) is 0 Å². The lowest BCUT2D eigenvalue weighted by Crippen LogP contribution is -2.21. The smallest absolute Gasteiger partial charge is 0.164 e. The molecule has 0 aliphatic carbocycles. The van der Waals surface area contributed by atoms with Crippen LogP contribution in [0.25, 0.3) is 0 Å². The SMILES string of the molecule is COCCC(C)C(N)c1cc(OC)c(OC)cc1OC. The molecule has 114 valence electrons. The lowest BCUT2D eigenvalue weighted by Gasteiger charge is -2.23. The van der Waals surface area contributed by atoms with E-state index in [0.29, 0.717) is 23.9 Å². The highest BCUT2D eigenvalue weighted by Crippen LogP contribution is 2.39. The predicted octanol–water partition coefficient (Wildman–Crippen LogP) is 2.38. The second-order valence-corrected chi connectivity index (χ2v) is 4.73. The normalized spacial score (nSPS) is 13.7. The van der Waals surface area contributed by atoms with Crippen molar-refractivity contribution in [3.05, 3.63) is 17.7 Å². The van der Waals surface area contributed by atoms with E-state index in [4.69, 9.17) is 24.7 Å². The molecular weight excluding hydrogens is 258 g/mol. The molecule has 1 rings (SSSR count). The Morgan fingerprint density at radius 2 is 1.50 bits per heavy atom. The maximum Gasteiger partial charge on any atom is 0.164 e.